The van der Waals surface area contributed by atoms with Crippen molar-refractivity contribution in [3.05, 3.63) is 52.4 Å². The molecule has 122 valence electrons. The molecule has 1 saturated carbocycles. The molecule has 24 heavy (non-hydrogen) atoms. The van der Waals surface area contributed by atoms with E-state index in [1.165, 1.54) is 30.6 Å². The number of benzene rings is 1. The van der Waals surface area contributed by atoms with Gasteiger partial charge in [-0.05, 0) is 37.8 Å². The molecule has 0 spiro atoms. The molecule has 0 saturated heterocycles. The van der Waals surface area contributed by atoms with E-state index in [4.69, 9.17) is 4.42 Å². The molecule has 1 aliphatic carbocycles. The molecule has 0 unspecified atom stereocenters. The molecule has 4 rings (SSSR count). The number of oxazole rings is 1. The van der Waals surface area contributed by atoms with Crippen LogP contribution in [0.2, 0.25) is 0 Å². The zero-order valence-corrected chi connectivity index (χ0v) is 14.1. The molecule has 3 aromatic rings. The SMILES string of the molecule is Cc1nc(CC2CC2)sc1C(=O)Nc1cccc(-c2cnco2)c1. The van der Waals surface area contributed by atoms with Gasteiger partial charge in [0.2, 0.25) is 0 Å². The van der Waals surface area contributed by atoms with Crippen molar-refractivity contribution in [1.82, 2.24) is 9.97 Å². The number of hydrogen-bond acceptors (Lipinski definition) is 5. The fourth-order valence-corrected chi connectivity index (χ4v) is 3.69. The first-order valence-corrected chi connectivity index (χ1v) is 8.77. The molecule has 1 aliphatic rings. The molecule has 0 aliphatic heterocycles. The van der Waals surface area contributed by atoms with Gasteiger partial charge in [-0.1, -0.05) is 12.1 Å². The third-order valence-corrected chi connectivity index (χ3v) is 5.22. The Bertz CT molecular complexity index is 866. The second kappa shape index (κ2) is 6.20. The van der Waals surface area contributed by atoms with E-state index in [1.54, 1.807) is 6.20 Å². The van der Waals surface area contributed by atoms with Gasteiger partial charge in [-0.25, -0.2) is 9.97 Å². The Kier molecular flexibility index (Phi) is 3.90. The van der Waals surface area contributed by atoms with Gasteiger partial charge in [-0.2, -0.15) is 0 Å². The van der Waals surface area contributed by atoms with Crippen LogP contribution in [-0.4, -0.2) is 15.9 Å². The van der Waals surface area contributed by atoms with Crippen molar-refractivity contribution in [2.45, 2.75) is 26.2 Å². The minimum Gasteiger partial charge on any atom is -0.444 e. The quantitative estimate of drug-likeness (QED) is 0.752. The van der Waals surface area contributed by atoms with Crippen molar-refractivity contribution in [1.29, 1.82) is 0 Å². The summed E-state index contributed by atoms with van der Waals surface area (Å²) in [5.41, 5.74) is 2.41. The Balaban J connectivity index is 1.51. The van der Waals surface area contributed by atoms with Crippen LogP contribution >= 0.6 is 11.3 Å². The van der Waals surface area contributed by atoms with E-state index in [2.05, 4.69) is 15.3 Å². The predicted octanol–water partition coefficient (Wildman–Crippen LogP) is 4.31. The predicted molar refractivity (Wildman–Crippen MR) is 93.2 cm³/mol. The molecule has 0 bridgehead atoms. The van der Waals surface area contributed by atoms with Gasteiger partial charge in [0.1, 0.15) is 4.88 Å². The zero-order valence-electron chi connectivity index (χ0n) is 13.3. The van der Waals surface area contributed by atoms with Crippen LogP contribution in [0.15, 0.2) is 41.3 Å². The smallest absolute Gasteiger partial charge is 0.267 e. The third-order valence-electron chi connectivity index (χ3n) is 4.04. The van der Waals surface area contributed by atoms with Crippen LogP contribution in [0.1, 0.15) is 33.2 Å². The number of thiazole rings is 1. The standard InChI is InChI=1S/C18H17N3O2S/c1-11-17(24-16(20-11)7-12-5-6-12)18(22)21-14-4-2-3-13(8-14)15-9-19-10-23-15/h2-4,8-10,12H,5-7H2,1H3,(H,21,22). The maximum atomic E-state index is 12.6. The fraction of sp³-hybridized carbons (Fsp3) is 0.278. The maximum Gasteiger partial charge on any atom is 0.267 e. The lowest BCUT2D eigenvalue weighted by molar-refractivity contribution is 0.103. The van der Waals surface area contributed by atoms with E-state index in [-0.39, 0.29) is 5.91 Å². The summed E-state index contributed by atoms with van der Waals surface area (Å²) < 4.78 is 5.30. The summed E-state index contributed by atoms with van der Waals surface area (Å²) >= 11 is 1.51. The molecule has 0 atom stereocenters. The normalized spacial score (nSPS) is 13.9. The second-order valence-electron chi connectivity index (χ2n) is 6.07. The Morgan fingerprint density at radius 2 is 2.29 bits per heavy atom. The molecular weight excluding hydrogens is 322 g/mol. The van der Waals surface area contributed by atoms with Crippen molar-refractivity contribution in [2.24, 2.45) is 5.92 Å². The van der Waals surface area contributed by atoms with Crippen LogP contribution in [0.25, 0.3) is 11.3 Å². The van der Waals surface area contributed by atoms with Crippen molar-refractivity contribution < 1.29 is 9.21 Å². The van der Waals surface area contributed by atoms with Gasteiger partial charge in [-0.15, -0.1) is 11.3 Å². The molecule has 5 nitrogen and oxygen atoms in total. The van der Waals surface area contributed by atoms with Gasteiger partial charge in [0.15, 0.2) is 12.2 Å². The van der Waals surface area contributed by atoms with Gasteiger partial charge >= 0.3 is 0 Å². The lowest BCUT2D eigenvalue weighted by Gasteiger charge is -2.05. The minimum atomic E-state index is -0.109. The number of amides is 1. The number of hydrogen-bond donors (Lipinski definition) is 1. The van der Waals surface area contributed by atoms with Gasteiger partial charge in [-0.3, -0.25) is 4.79 Å². The fourth-order valence-electron chi connectivity index (χ4n) is 2.62. The van der Waals surface area contributed by atoms with Crippen LogP contribution in [0.4, 0.5) is 5.69 Å². The highest BCUT2D eigenvalue weighted by atomic mass is 32.1. The van der Waals surface area contributed by atoms with Gasteiger partial charge < -0.3 is 9.73 Å². The number of aryl methyl sites for hydroxylation is 1. The molecular formula is C18H17N3O2S. The summed E-state index contributed by atoms with van der Waals surface area (Å²) in [5, 5.41) is 4.02. The summed E-state index contributed by atoms with van der Waals surface area (Å²) in [4.78, 5) is 21.7. The van der Waals surface area contributed by atoms with E-state index in [0.29, 0.717) is 10.6 Å². The van der Waals surface area contributed by atoms with Gasteiger partial charge in [0.25, 0.3) is 5.91 Å². The summed E-state index contributed by atoms with van der Waals surface area (Å²) in [5.74, 6) is 1.33. The Hall–Kier alpha value is -2.47. The Morgan fingerprint density at radius 3 is 3.04 bits per heavy atom. The summed E-state index contributed by atoms with van der Waals surface area (Å²) in [7, 11) is 0. The zero-order chi connectivity index (χ0) is 16.5. The van der Waals surface area contributed by atoms with Crippen LogP contribution in [-0.2, 0) is 6.42 Å². The number of carbonyl (C=O) groups excluding carboxylic acids is 1. The van der Waals surface area contributed by atoms with E-state index in [0.717, 1.165) is 34.3 Å². The molecule has 1 N–H and O–H groups in total. The van der Waals surface area contributed by atoms with Gasteiger partial charge in [0, 0.05) is 17.7 Å². The Labute approximate surface area is 143 Å². The largest absolute Gasteiger partial charge is 0.444 e. The van der Waals surface area contributed by atoms with Gasteiger partial charge in [0.05, 0.1) is 16.9 Å². The van der Waals surface area contributed by atoms with E-state index < -0.39 is 0 Å². The van der Waals surface area contributed by atoms with Crippen molar-refractivity contribution in [2.75, 3.05) is 5.32 Å². The lowest BCUT2D eigenvalue weighted by atomic mass is 10.1. The second-order valence-corrected chi connectivity index (χ2v) is 7.15. The topological polar surface area (TPSA) is 68.0 Å². The van der Waals surface area contributed by atoms with Crippen LogP contribution in [0.3, 0.4) is 0 Å². The lowest BCUT2D eigenvalue weighted by Crippen LogP contribution is -2.11. The number of aromatic nitrogens is 2. The summed E-state index contributed by atoms with van der Waals surface area (Å²) in [6.07, 6.45) is 6.62. The molecule has 2 heterocycles. The van der Waals surface area contributed by atoms with E-state index in [1.807, 2.05) is 31.2 Å². The average Bonchev–Trinajstić information content (AvgIpc) is 3.08. The van der Waals surface area contributed by atoms with Crippen LogP contribution in [0, 0.1) is 12.8 Å². The number of nitrogens with one attached hydrogen (secondary N) is 1. The first kappa shape index (κ1) is 15.1. The molecule has 0 radical (unpaired) electrons. The highest BCUT2D eigenvalue weighted by Gasteiger charge is 2.24. The molecule has 1 fully saturated rings. The number of nitrogens with zero attached hydrogens (tertiary/aromatic N) is 2. The van der Waals surface area contributed by atoms with Crippen molar-refractivity contribution in [3.8, 4) is 11.3 Å². The molecule has 2 aromatic heterocycles. The maximum absolute atomic E-state index is 12.6. The molecule has 1 amide bonds. The average molecular weight is 339 g/mol. The third kappa shape index (κ3) is 3.23. The summed E-state index contributed by atoms with van der Waals surface area (Å²) in [6.45, 7) is 1.90. The monoisotopic (exact) mass is 339 g/mol. The highest BCUT2D eigenvalue weighted by molar-refractivity contribution is 7.13. The minimum absolute atomic E-state index is 0.109. The first-order chi connectivity index (χ1) is 11.7. The highest BCUT2D eigenvalue weighted by Crippen LogP contribution is 2.34. The van der Waals surface area contributed by atoms with E-state index in [9.17, 15) is 4.79 Å². The molecule has 1 aromatic carbocycles. The van der Waals surface area contributed by atoms with Crippen LogP contribution < -0.4 is 5.32 Å². The molecule has 6 heteroatoms. The first-order valence-electron chi connectivity index (χ1n) is 7.95. The van der Waals surface area contributed by atoms with E-state index >= 15 is 0 Å². The summed E-state index contributed by atoms with van der Waals surface area (Å²) in [6, 6.07) is 7.53. The van der Waals surface area contributed by atoms with Crippen LogP contribution in [0.5, 0.6) is 0 Å². The number of rotatable bonds is 5. The van der Waals surface area contributed by atoms with Crippen molar-refractivity contribution >= 4 is 22.9 Å². The van der Waals surface area contributed by atoms with Crippen molar-refractivity contribution in [3.63, 3.8) is 0 Å². The number of anilines is 1. The number of carbonyl (C=O) groups is 1. The Morgan fingerprint density at radius 1 is 1.42 bits per heavy atom.